The van der Waals surface area contributed by atoms with Gasteiger partial charge in [0.15, 0.2) is 0 Å². The molecule has 1 unspecified atom stereocenters. The molecule has 6 heteroatoms. The number of fused-ring (bicyclic) bond motifs is 1. The molecule has 27 heavy (non-hydrogen) atoms. The molecule has 4 rings (SSSR count). The molecule has 1 aromatic carbocycles. The number of carbonyl (C=O) groups is 1. The molecule has 0 radical (unpaired) electrons. The standard InChI is InChI=1S/C21H29N3O3/c1-26-11-4-10-23-14-16(18-5-2-3-6-19(18)23)15-24(17-7-8-17)21(25)20-13-22-9-12-27-20/h2-3,5-6,14,17,20,22H,4,7-13,15H2,1H3. The highest BCUT2D eigenvalue weighted by Gasteiger charge is 2.37. The Morgan fingerprint density at radius 3 is 2.96 bits per heavy atom. The third kappa shape index (κ3) is 4.18. The van der Waals surface area contributed by atoms with Crippen molar-refractivity contribution in [2.75, 3.05) is 33.4 Å². The van der Waals surface area contributed by atoms with Crippen LogP contribution < -0.4 is 5.32 Å². The SMILES string of the molecule is COCCCn1cc(CN(C(=O)C2CNCCO2)C2CC2)c2ccccc21. The van der Waals surface area contributed by atoms with Crippen LogP contribution in [0.2, 0.25) is 0 Å². The molecule has 146 valence electrons. The Balaban J connectivity index is 1.56. The minimum absolute atomic E-state index is 0.126. The molecule has 2 aromatic rings. The Kier molecular flexibility index (Phi) is 5.76. The summed E-state index contributed by atoms with van der Waals surface area (Å²) in [5.41, 5.74) is 2.44. The molecule has 6 nitrogen and oxygen atoms in total. The van der Waals surface area contributed by atoms with E-state index in [0.717, 1.165) is 39.0 Å². The van der Waals surface area contributed by atoms with Crippen LogP contribution in [-0.4, -0.2) is 60.9 Å². The fourth-order valence-electron chi connectivity index (χ4n) is 3.88. The van der Waals surface area contributed by atoms with Crippen molar-refractivity contribution in [3.05, 3.63) is 36.0 Å². The van der Waals surface area contributed by atoms with E-state index in [4.69, 9.17) is 9.47 Å². The van der Waals surface area contributed by atoms with Gasteiger partial charge in [-0.2, -0.15) is 0 Å². The lowest BCUT2D eigenvalue weighted by atomic mass is 10.1. The van der Waals surface area contributed by atoms with Crippen molar-refractivity contribution in [1.29, 1.82) is 0 Å². The lowest BCUT2D eigenvalue weighted by Crippen LogP contribution is -2.49. The van der Waals surface area contributed by atoms with Crippen molar-refractivity contribution in [3.8, 4) is 0 Å². The minimum Gasteiger partial charge on any atom is -0.385 e. The third-order valence-corrected chi connectivity index (χ3v) is 5.43. The zero-order valence-corrected chi connectivity index (χ0v) is 16.0. The summed E-state index contributed by atoms with van der Waals surface area (Å²) < 4.78 is 13.2. The summed E-state index contributed by atoms with van der Waals surface area (Å²) in [5.74, 6) is 0.126. The topological polar surface area (TPSA) is 55.7 Å². The van der Waals surface area contributed by atoms with Gasteiger partial charge in [0.05, 0.1) is 6.61 Å². The number of hydrogen-bond acceptors (Lipinski definition) is 4. The van der Waals surface area contributed by atoms with Gasteiger partial charge in [-0.05, 0) is 30.9 Å². The minimum atomic E-state index is -0.352. The van der Waals surface area contributed by atoms with E-state index in [1.807, 2.05) is 4.90 Å². The summed E-state index contributed by atoms with van der Waals surface area (Å²) in [6.45, 7) is 4.36. The molecule has 0 spiro atoms. The number of morpholine rings is 1. The summed E-state index contributed by atoms with van der Waals surface area (Å²) in [4.78, 5) is 15.1. The molecule has 1 amide bonds. The average molecular weight is 371 g/mol. The van der Waals surface area contributed by atoms with Crippen molar-refractivity contribution in [3.63, 3.8) is 0 Å². The highest BCUT2D eigenvalue weighted by Crippen LogP contribution is 2.31. The number of methoxy groups -OCH3 is 1. The van der Waals surface area contributed by atoms with Gasteiger partial charge in [0.25, 0.3) is 5.91 Å². The Morgan fingerprint density at radius 1 is 1.37 bits per heavy atom. The number of benzene rings is 1. The summed E-state index contributed by atoms with van der Waals surface area (Å²) in [7, 11) is 1.74. The van der Waals surface area contributed by atoms with Crippen molar-refractivity contribution in [2.45, 2.75) is 44.5 Å². The second kappa shape index (κ2) is 8.42. The maximum atomic E-state index is 13.1. The number of hydrogen-bond donors (Lipinski definition) is 1. The fourth-order valence-corrected chi connectivity index (χ4v) is 3.88. The van der Waals surface area contributed by atoms with Crippen LogP contribution in [0, 0.1) is 0 Å². The van der Waals surface area contributed by atoms with E-state index in [1.54, 1.807) is 7.11 Å². The van der Waals surface area contributed by atoms with Gasteiger partial charge in [-0.15, -0.1) is 0 Å². The largest absolute Gasteiger partial charge is 0.385 e. The van der Waals surface area contributed by atoms with Gasteiger partial charge in [-0.1, -0.05) is 18.2 Å². The number of nitrogens with one attached hydrogen (secondary N) is 1. The number of rotatable bonds is 8. The predicted molar refractivity (Wildman–Crippen MR) is 105 cm³/mol. The zero-order valence-electron chi connectivity index (χ0n) is 16.0. The maximum absolute atomic E-state index is 13.1. The highest BCUT2D eigenvalue weighted by atomic mass is 16.5. The van der Waals surface area contributed by atoms with E-state index >= 15 is 0 Å². The number of aromatic nitrogens is 1. The lowest BCUT2D eigenvalue weighted by Gasteiger charge is -2.30. The molecular weight excluding hydrogens is 342 g/mol. The van der Waals surface area contributed by atoms with Crippen LogP contribution in [-0.2, 0) is 27.4 Å². The van der Waals surface area contributed by atoms with Crippen LogP contribution in [0.25, 0.3) is 10.9 Å². The van der Waals surface area contributed by atoms with E-state index < -0.39 is 0 Å². The molecule has 1 aliphatic heterocycles. The number of amides is 1. The number of ether oxygens (including phenoxy) is 2. The van der Waals surface area contributed by atoms with Crippen molar-refractivity contribution >= 4 is 16.8 Å². The Morgan fingerprint density at radius 2 is 2.22 bits per heavy atom. The van der Waals surface area contributed by atoms with Crippen LogP contribution >= 0.6 is 0 Å². The van der Waals surface area contributed by atoms with E-state index in [1.165, 1.54) is 16.5 Å². The molecule has 2 aliphatic rings. The summed E-state index contributed by atoms with van der Waals surface area (Å²) in [6.07, 6.45) is 5.02. The summed E-state index contributed by atoms with van der Waals surface area (Å²) in [5, 5.41) is 4.50. The Hall–Kier alpha value is -1.89. The normalized spacial score (nSPS) is 20.1. The van der Waals surface area contributed by atoms with E-state index in [-0.39, 0.29) is 12.0 Å². The van der Waals surface area contributed by atoms with Crippen molar-refractivity contribution < 1.29 is 14.3 Å². The van der Waals surface area contributed by atoms with Gasteiger partial charge in [0.2, 0.25) is 0 Å². The monoisotopic (exact) mass is 371 g/mol. The number of carbonyl (C=O) groups excluding carboxylic acids is 1. The lowest BCUT2D eigenvalue weighted by molar-refractivity contribution is -0.146. The fraction of sp³-hybridized carbons (Fsp3) is 0.571. The molecule has 0 bridgehead atoms. The van der Waals surface area contributed by atoms with Gasteiger partial charge in [0.1, 0.15) is 6.10 Å². The van der Waals surface area contributed by atoms with Gasteiger partial charge in [0, 0.05) is 63.0 Å². The number of nitrogens with zero attached hydrogens (tertiary/aromatic N) is 2. The van der Waals surface area contributed by atoms with Crippen molar-refractivity contribution in [2.24, 2.45) is 0 Å². The quantitative estimate of drug-likeness (QED) is 0.723. The van der Waals surface area contributed by atoms with Crippen LogP contribution in [0.3, 0.4) is 0 Å². The average Bonchev–Trinajstić information content (AvgIpc) is 3.50. The molecule has 2 fully saturated rings. The van der Waals surface area contributed by atoms with Crippen LogP contribution in [0.1, 0.15) is 24.8 Å². The summed E-state index contributed by atoms with van der Waals surface area (Å²) in [6, 6.07) is 8.82. The van der Waals surface area contributed by atoms with Crippen LogP contribution in [0.4, 0.5) is 0 Å². The van der Waals surface area contributed by atoms with Gasteiger partial charge in [-0.3, -0.25) is 4.79 Å². The van der Waals surface area contributed by atoms with Crippen LogP contribution in [0.5, 0.6) is 0 Å². The molecule has 1 atom stereocenters. The molecule has 1 aromatic heterocycles. The molecule has 1 aliphatic carbocycles. The first-order valence-electron chi connectivity index (χ1n) is 9.96. The Bertz CT molecular complexity index is 778. The zero-order chi connectivity index (χ0) is 18.6. The second-order valence-corrected chi connectivity index (χ2v) is 7.47. The first-order valence-corrected chi connectivity index (χ1v) is 9.96. The molecular formula is C21H29N3O3. The number of para-hydroxylation sites is 1. The predicted octanol–water partition coefficient (Wildman–Crippen LogP) is 2.16. The highest BCUT2D eigenvalue weighted by molar-refractivity contribution is 5.86. The van der Waals surface area contributed by atoms with E-state index in [0.29, 0.717) is 25.7 Å². The second-order valence-electron chi connectivity index (χ2n) is 7.47. The van der Waals surface area contributed by atoms with Crippen molar-refractivity contribution in [1.82, 2.24) is 14.8 Å². The number of aryl methyl sites for hydroxylation is 1. The molecule has 1 saturated heterocycles. The van der Waals surface area contributed by atoms with Crippen LogP contribution in [0.15, 0.2) is 30.5 Å². The maximum Gasteiger partial charge on any atom is 0.253 e. The molecule has 1 N–H and O–H groups in total. The van der Waals surface area contributed by atoms with Gasteiger partial charge < -0.3 is 24.3 Å². The Labute approximate surface area is 160 Å². The summed E-state index contributed by atoms with van der Waals surface area (Å²) >= 11 is 0. The van der Waals surface area contributed by atoms with Gasteiger partial charge >= 0.3 is 0 Å². The smallest absolute Gasteiger partial charge is 0.253 e. The third-order valence-electron chi connectivity index (χ3n) is 5.43. The van der Waals surface area contributed by atoms with Gasteiger partial charge in [-0.25, -0.2) is 0 Å². The first kappa shape index (κ1) is 18.5. The first-order chi connectivity index (χ1) is 13.3. The molecule has 1 saturated carbocycles. The van der Waals surface area contributed by atoms with E-state index in [2.05, 4.69) is 40.3 Å². The molecule has 2 heterocycles. The van der Waals surface area contributed by atoms with E-state index in [9.17, 15) is 4.79 Å².